The Morgan fingerprint density at radius 3 is 2.70 bits per heavy atom. The molecule has 3 aromatic heterocycles. The lowest BCUT2D eigenvalue weighted by Gasteiger charge is -2.03. The van der Waals surface area contributed by atoms with Crippen LogP contribution in [0.3, 0.4) is 0 Å². The monoisotopic (exact) mass is 416 g/mol. The molecule has 0 aliphatic rings. The molecule has 5 aromatic rings. The first kappa shape index (κ1) is 18.3. The molecular formula is C21H16N6O2S. The fourth-order valence-corrected chi connectivity index (χ4v) is 3.79. The van der Waals surface area contributed by atoms with E-state index >= 15 is 0 Å². The average molecular weight is 416 g/mol. The molecule has 0 spiro atoms. The molecule has 148 valence electrons. The summed E-state index contributed by atoms with van der Waals surface area (Å²) in [6, 6.07) is 17.4. The number of benzene rings is 2. The number of para-hydroxylation sites is 1. The SMILES string of the molecule is Cc1ccccc1-c1noc(CSc2nc3c(cnn3-c3ccccc3)c(=O)[nH]2)n1. The summed E-state index contributed by atoms with van der Waals surface area (Å²) in [6.07, 6.45) is 1.52. The Balaban J connectivity index is 1.41. The first-order chi connectivity index (χ1) is 14.7. The van der Waals surface area contributed by atoms with Crippen molar-refractivity contribution in [3.05, 3.63) is 82.6 Å². The fourth-order valence-electron chi connectivity index (χ4n) is 3.10. The Morgan fingerprint density at radius 1 is 1.07 bits per heavy atom. The normalized spacial score (nSPS) is 11.2. The number of aromatic nitrogens is 6. The zero-order chi connectivity index (χ0) is 20.5. The number of fused-ring (bicyclic) bond motifs is 1. The maximum Gasteiger partial charge on any atom is 0.262 e. The number of aryl methyl sites for hydroxylation is 1. The van der Waals surface area contributed by atoms with E-state index in [1.54, 1.807) is 4.68 Å². The van der Waals surface area contributed by atoms with E-state index in [4.69, 9.17) is 4.52 Å². The predicted octanol–water partition coefficient (Wildman–Crippen LogP) is 3.76. The summed E-state index contributed by atoms with van der Waals surface area (Å²) in [5.41, 5.74) is 3.09. The number of H-pyrrole nitrogens is 1. The van der Waals surface area contributed by atoms with Gasteiger partial charge in [0, 0.05) is 5.56 Å². The minimum atomic E-state index is -0.240. The van der Waals surface area contributed by atoms with Gasteiger partial charge in [0.15, 0.2) is 10.8 Å². The van der Waals surface area contributed by atoms with Gasteiger partial charge in [-0.25, -0.2) is 9.67 Å². The van der Waals surface area contributed by atoms with Crippen LogP contribution < -0.4 is 5.56 Å². The molecule has 9 heteroatoms. The van der Waals surface area contributed by atoms with Crippen LogP contribution >= 0.6 is 11.8 Å². The van der Waals surface area contributed by atoms with E-state index in [0.29, 0.717) is 33.7 Å². The number of hydrogen-bond donors (Lipinski definition) is 1. The molecule has 2 aromatic carbocycles. The van der Waals surface area contributed by atoms with Crippen LogP contribution in [0.25, 0.3) is 28.1 Å². The number of nitrogens with zero attached hydrogens (tertiary/aromatic N) is 5. The summed E-state index contributed by atoms with van der Waals surface area (Å²) in [5.74, 6) is 1.38. The minimum absolute atomic E-state index is 0.240. The lowest BCUT2D eigenvalue weighted by Crippen LogP contribution is -2.09. The van der Waals surface area contributed by atoms with Gasteiger partial charge in [-0.2, -0.15) is 10.1 Å². The Labute approximate surface area is 175 Å². The highest BCUT2D eigenvalue weighted by molar-refractivity contribution is 7.98. The molecule has 0 aliphatic heterocycles. The van der Waals surface area contributed by atoms with Crippen molar-refractivity contribution in [2.45, 2.75) is 17.8 Å². The first-order valence-corrected chi connectivity index (χ1v) is 10.2. The zero-order valence-corrected chi connectivity index (χ0v) is 16.8. The van der Waals surface area contributed by atoms with E-state index < -0.39 is 0 Å². The molecule has 0 unspecified atom stereocenters. The molecular weight excluding hydrogens is 400 g/mol. The van der Waals surface area contributed by atoms with Crippen LogP contribution in [0.15, 0.2) is 75.3 Å². The van der Waals surface area contributed by atoms with Crippen LogP contribution in [-0.4, -0.2) is 29.9 Å². The van der Waals surface area contributed by atoms with Crippen molar-refractivity contribution in [1.29, 1.82) is 0 Å². The van der Waals surface area contributed by atoms with Gasteiger partial charge in [-0.3, -0.25) is 4.79 Å². The van der Waals surface area contributed by atoms with Crippen molar-refractivity contribution in [2.75, 3.05) is 0 Å². The van der Waals surface area contributed by atoms with Gasteiger partial charge in [-0.15, -0.1) is 0 Å². The highest BCUT2D eigenvalue weighted by atomic mass is 32.2. The van der Waals surface area contributed by atoms with Gasteiger partial charge >= 0.3 is 0 Å². The highest BCUT2D eigenvalue weighted by Crippen LogP contribution is 2.24. The lowest BCUT2D eigenvalue weighted by molar-refractivity contribution is 0.391. The summed E-state index contributed by atoms with van der Waals surface area (Å²) >= 11 is 1.32. The van der Waals surface area contributed by atoms with Crippen LogP contribution in [0.5, 0.6) is 0 Å². The van der Waals surface area contributed by atoms with Crippen molar-refractivity contribution in [3.8, 4) is 17.1 Å². The summed E-state index contributed by atoms with van der Waals surface area (Å²) in [4.78, 5) is 24.3. The van der Waals surface area contributed by atoms with Crippen molar-refractivity contribution < 1.29 is 4.52 Å². The predicted molar refractivity (Wildman–Crippen MR) is 114 cm³/mol. The van der Waals surface area contributed by atoms with Crippen LogP contribution in [0, 0.1) is 6.92 Å². The summed E-state index contributed by atoms with van der Waals surface area (Å²) in [7, 11) is 0. The fraction of sp³-hybridized carbons (Fsp3) is 0.0952. The van der Waals surface area contributed by atoms with E-state index in [-0.39, 0.29) is 5.56 Å². The lowest BCUT2D eigenvalue weighted by atomic mass is 10.1. The average Bonchev–Trinajstić information content (AvgIpc) is 3.41. The quantitative estimate of drug-likeness (QED) is 0.344. The Kier molecular flexibility index (Phi) is 4.64. The molecule has 0 aliphatic carbocycles. The van der Waals surface area contributed by atoms with Crippen LogP contribution in [0.4, 0.5) is 0 Å². The second-order valence-corrected chi connectivity index (χ2v) is 7.58. The topological polar surface area (TPSA) is 102 Å². The van der Waals surface area contributed by atoms with Gasteiger partial charge in [0.25, 0.3) is 5.56 Å². The van der Waals surface area contributed by atoms with Crippen molar-refractivity contribution in [1.82, 2.24) is 29.9 Å². The van der Waals surface area contributed by atoms with Gasteiger partial charge in [0.05, 0.1) is 17.6 Å². The molecule has 0 radical (unpaired) electrons. The third kappa shape index (κ3) is 3.39. The minimum Gasteiger partial charge on any atom is -0.338 e. The Hall–Kier alpha value is -3.72. The van der Waals surface area contributed by atoms with Crippen LogP contribution in [-0.2, 0) is 5.75 Å². The molecule has 30 heavy (non-hydrogen) atoms. The highest BCUT2D eigenvalue weighted by Gasteiger charge is 2.14. The van der Waals surface area contributed by atoms with Gasteiger partial charge in [-0.05, 0) is 24.6 Å². The standard InChI is InChI=1S/C21H16N6O2S/c1-13-7-5-6-10-15(13)18-23-17(29-26-18)12-30-21-24-19-16(20(28)25-21)11-22-27(19)14-8-3-2-4-9-14/h2-11H,12H2,1H3,(H,24,25,28). The summed E-state index contributed by atoms with van der Waals surface area (Å²) in [5, 5.41) is 9.27. The summed E-state index contributed by atoms with van der Waals surface area (Å²) in [6.45, 7) is 2.00. The number of hydrogen-bond acceptors (Lipinski definition) is 7. The second kappa shape index (κ2) is 7.60. The molecule has 1 N–H and O–H groups in total. The van der Waals surface area contributed by atoms with E-state index in [2.05, 4.69) is 25.2 Å². The van der Waals surface area contributed by atoms with Gasteiger partial charge in [-0.1, -0.05) is 59.4 Å². The van der Waals surface area contributed by atoms with E-state index in [9.17, 15) is 4.79 Å². The molecule has 0 saturated carbocycles. The van der Waals surface area contributed by atoms with Crippen LogP contribution in [0.2, 0.25) is 0 Å². The first-order valence-electron chi connectivity index (χ1n) is 9.24. The van der Waals surface area contributed by atoms with Gasteiger partial charge in [0.2, 0.25) is 11.7 Å². The molecule has 8 nitrogen and oxygen atoms in total. The smallest absolute Gasteiger partial charge is 0.262 e. The Morgan fingerprint density at radius 2 is 1.87 bits per heavy atom. The van der Waals surface area contributed by atoms with Gasteiger partial charge in [0.1, 0.15) is 5.39 Å². The van der Waals surface area contributed by atoms with Crippen molar-refractivity contribution in [2.24, 2.45) is 0 Å². The molecule has 0 saturated heterocycles. The largest absolute Gasteiger partial charge is 0.338 e. The number of rotatable bonds is 5. The zero-order valence-electron chi connectivity index (χ0n) is 15.9. The maximum atomic E-state index is 12.5. The number of aromatic amines is 1. The van der Waals surface area contributed by atoms with Crippen molar-refractivity contribution >= 4 is 22.8 Å². The molecule has 5 rings (SSSR count). The van der Waals surface area contributed by atoms with Gasteiger partial charge < -0.3 is 9.51 Å². The molecule has 0 bridgehead atoms. The second-order valence-electron chi connectivity index (χ2n) is 6.62. The van der Waals surface area contributed by atoms with E-state index in [1.807, 2.05) is 61.5 Å². The number of thioether (sulfide) groups is 1. The number of nitrogens with one attached hydrogen (secondary N) is 1. The molecule has 3 heterocycles. The molecule has 0 amide bonds. The van der Waals surface area contributed by atoms with E-state index in [1.165, 1.54) is 18.0 Å². The van der Waals surface area contributed by atoms with E-state index in [0.717, 1.165) is 16.8 Å². The van der Waals surface area contributed by atoms with Crippen molar-refractivity contribution in [3.63, 3.8) is 0 Å². The third-order valence-electron chi connectivity index (χ3n) is 4.60. The Bertz CT molecular complexity index is 1390. The molecule has 0 fully saturated rings. The molecule has 0 atom stereocenters. The van der Waals surface area contributed by atoms with Crippen LogP contribution in [0.1, 0.15) is 11.5 Å². The summed E-state index contributed by atoms with van der Waals surface area (Å²) < 4.78 is 7.02. The maximum absolute atomic E-state index is 12.5. The third-order valence-corrected chi connectivity index (χ3v) is 5.46.